The number of fused-ring (bicyclic) bond motifs is 3. The maximum atomic E-state index is 11.3. The first-order chi connectivity index (χ1) is 17.0. The van der Waals surface area contributed by atoms with E-state index in [1.54, 1.807) is 32.8 Å². The normalized spacial score (nSPS) is 15.8. The van der Waals surface area contributed by atoms with E-state index in [4.69, 9.17) is 19.9 Å². The van der Waals surface area contributed by atoms with Crippen LogP contribution in [0, 0.1) is 0 Å². The van der Waals surface area contributed by atoms with Crippen molar-refractivity contribution < 1.29 is 24.1 Å². The molecule has 4 aromatic rings. The van der Waals surface area contributed by atoms with Crippen molar-refractivity contribution in [1.29, 1.82) is 0 Å². The minimum absolute atomic E-state index is 0.232. The van der Waals surface area contributed by atoms with E-state index in [9.17, 15) is 9.90 Å². The largest absolute Gasteiger partial charge is 0.493 e. The molecule has 1 aliphatic rings. The van der Waals surface area contributed by atoms with Crippen LogP contribution in [0.3, 0.4) is 0 Å². The van der Waals surface area contributed by atoms with E-state index in [1.165, 1.54) is 4.90 Å². The summed E-state index contributed by atoms with van der Waals surface area (Å²) < 4.78 is 17.0. The molecule has 0 aliphatic carbocycles. The van der Waals surface area contributed by atoms with Crippen molar-refractivity contribution in [2.45, 2.75) is 18.9 Å². The average Bonchev–Trinajstić information content (AvgIpc) is 2.87. The third-order valence-corrected chi connectivity index (χ3v) is 6.17. The van der Waals surface area contributed by atoms with Crippen LogP contribution >= 0.6 is 0 Å². The van der Waals surface area contributed by atoms with Crippen molar-refractivity contribution >= 4 is 33.6 Å². The summed E-state index contributed by atoms with van der Waals surface area (Å²) in [6, 6.07) is 7.48. The number of carbonyl (C=O) groups is 1. The maximum absolute atomic E-state index is 11.3. The van der Waals surface area contributed by atoms with Gasteiger partial charge in [-0.3, -0.25) is 9.97 Å². The molecule has 0 radical (unpaired) electrons. The van der Waals surface area contributed by atoms with Gasteiger partial charge in [-0.25, -0.2) is 9.78 Å². The van der Waals surface area contributed by atoms with Crippen molar-refractivity contribution in [2.75, 3.05) is 33.0 Å². The second kappa shape index (κ2) is 9.13. The number of pyridine rings is 3. The van der Waals surface area contributed by atoms with Gasteiger partial charge in [0.25, 0.3) is 0 Å². The number of hydrogen-bond acceptors (Lipinski definition) is 8. The molecule has 1 atom stereocenters. The molecule has 4 heterocycles. The van der Waals surface area contributed by atoms with Crippen molar-refractivity contribution in [3.8, 4) is 28.5 Å². The first-order valence-corrected chi connectivity index (χ1v) is 11.2. The lowest BCUT2D eigenvalue weighted by atomic mass is 10.0. The van der Waals surface area contributed by atoms with Gasteiger partial charge in [0.05, 0.1) is 38.2 Å². The second-order valence-electron chi connectivity index (χ2n) is 8.36. The van der Waals surface area contributed by atoms with Crippen molar-refractivity contribution in [3.63, 3.8) is 0 Å². The quantitative estimate of drug-likeness (QED) is 0.411. The fraction of sp³-hybridized carbons (Fsp3) is 0.280. The van der Waals surface area contributed by atoms with Gasteiger partial charge in [0, 0.05) is 41.3 Å². The monoisotopic (exact) mass is 475 g/mol. The molecule has 35 heavy (non-hydrogen) atoms. The van der Waals surface area contributed by atoms with Crippen molar-refractivity contribution in [1.82, 2.24) is 19.9 Å². The molecular formula is C25H25N5O5. The Morgan fingerprint density at radius 3 is 2.63 bits per heavy atom. The molecule has 0 unspecified atom stereocenters. The van der Waals surface area contributed by atoms with E-state index in [1.807, 2.05) is 24.3 Å². The molecule has 1 aromatic carbocycles. The summed E-state index contributed by atoms with van der Waals surface area (Å²) in [4.78, 5) is 26.1. The smallest absolute Gasteiger partial charge is 0.407 e. The van der Waals surface area contributed by atoms with E-state index in [-0.39, 0.29) is 6.10 Å². The van der Waals surface area contributed by atoms with Gasteiger partial charge >= 0.3 is 6.09 Å². The van der Waals surface area contributed by atoms with Gasteiger partial charge in [-0.15, -0.1) is 0 Å². The Labute approximate surface area is 201 Å². The average molecular weight is 476 g/mol. The number of amides is 1. The highest BCUT2D eigenvalue weighted by Crippen LogP contribution is 2.37. The number of likely N-dealkylation sites (tertiary alicyclic amines) is 1. The molecule has 10 heteroatoms. The lowest BCUT2D eigenvalue weighted by Crippen LogP contribution is -2.43. The summed E-state index contributed by atoms with van der Waals surface area (Å²) in [6.45, 7) is 0.845. The van der Waals surface area contributed by atoms with Crippen LogP contribution in [0.15, 0.2) is 42.9 Å². The number of nitrogens with two attached hydrogens (primary N) is 1. The molecule has 0 bridgehead atoms. The summed E-state index contributed by atoms with van der Waals surface area (Å²) in [5, 5.41) is 11.7. The molecule has 5 rings (SSSR count). The molecule has 0 saturated carbocycles. The van der Waals surface area contributed by atoms with Gasteiger partial charge in [-0.2, -0.15) is 0 Å². The topological polar surface area (TPSA) is 133 Å². The second-order valence-corrected chi connectivity index (χ2v) is 8.36. The number of hydrogen-bond donors (Lipinski definition) is 2. The molecule has 10 nitrogen and oxygen atoms in total. The van der Waals surface area contributed by atoms with Gasteiger partial charge in [0.2, 0.25) is 0 Å². The summed E-state index contributed by atoms with van der Waals surface area (Å²) >= 11 is 0. The molecule has 1 aliphatic heterocycles. The SMILES string of the molecule is COc1cc2ncc3c(N)nc(-c4cncc(O[C@@H]5CCCN(C(=O)O)C5)c4)cc3c2cc1OC. The Kier molecular flexibility index (Phi) is 5.86. The van der Waals surface area contributed by atoms with E-state index in [0.29, 0.717) is 41.8 Å². The van der Waals surface area contributed by atoms with Gasteiger partial charge in [0.15, 0.2) is 11.5 Å². The van der Waals surface area contributed by atoms with Crippen LogP contribution in [0.1, 0.15) is 12.8 Å². The van der Waals surface area contributed by atoms with Crippen LogP contribution < -0.4 is 19.9 Å². The summed E-state index contributed by atoms with van der Waals surface area (Å²) in [6.07, 6.45) is 5.37. The number of anilines is 1. The van der Waals surface area contributed by atoms with Crippen LogP contribution in [-0.2, 0) is 0 Å². The predicted molar refractivity (Wildman–Crippen MR) is 131 cm³/mol. The molecule has 1 saturated heterocycles. The van der Waals surface area contributed by atoms with Gasteiger partial charge in [-0.05, 0) is 36.4 Å². The molecule has 180 valence electrons. The minimum atomic E-state index is -0.933. The van der Waals surface area contributed by atoms with E-state index >= 15 is 0 Å². The van der Waals surface area contributed by atoms with Crippen LogP contribution in [0.4, 0.5) is 10.6 Å². The van der Waals surface area contributed by atoms with Crippen LogP contribution in [0.2, 0.25) is 0 Å². The maximum Gasteiger partial charge on any atom is 0.407 e. The standard InChI is InChI=1S/C25H25N5O5/c1-33-22-8-18-17-7-20(29-24(26)19(17)12-28-21(18)9-23(22)34-2)14-6-16(11-27-10-14)35-15-4-3-5-30(13-15)25(31)32/h6-12,15H,3-5,13H2,1-2H3,(H2,26,29)(H,31,32)/t15-/m1/s1. The van der Waals surface area contributed by atoms with Crippen molar-refractivity contribution in [2.24, 2.45) is 0 Å². The highest BCUT2D eigenvalue weighted by atomic mass is 16.5. The number of aromatic nitrogens is 3. The third-order valence-electron chi connectivity index (χ3n) is 6.17. The van der Waals surface area contributed by atoms with Crippen molar-refractivity contribution in [3.05, 3.63) is 42.9 Å². The summed E-state index contributed by atoms with van der Waals surface area (Å²) in [5.41, 5.74) is 8.42. The minimum Gasteiger partial charge on any atom is -0.493 e. The first kappa shape index (κ1) is 22.5. The van der Waals surface area contributed by atoms with Gasteiger partial charge in [-0.1, -0.05) is 0 Å². The zero-order valence-electron chi connectivity index (χ0n) is 19.4. The molecule has 3 N–H and O–H groups in total. The summed E-state index contributed by atoms with van der Waals surface area (Å²) in [5.74, 6) is 2.07. The fourth-order valence-corrected chi connectivity index (χ4v) is 4.43. The van der Waals surface area contributed by atoms with Crippen LogP contribution in [-0.4, -0.2) is 64.5 Å². The number of benzene rings is 1. The Morgan fingerprint density at radius 2 is 1.86 bits per heavy atom. The van der Waals surface area contributed by atoms with Crippen LogP contribution in [0.25, 0.3) is 32.9 Å². The molecule has 3 aromatic heterocycles. The first-order valence-electron chi connectivity index (χ1n) is 11.2. The number of rotatable bonds is 5. The Bertz CT molecular complexity index is 1430. The molecule has 1 fully saturated rings. The van der Waals surface area contributed by atoms with E-state index in [0.717, 1.165) is 40.1 Å². The van der Waals surface area contributed by atoms with Crippen LogP contribution in [0.5, 0.6) is 17.2 Å². The lowest BCUT2D eigenvalue weighted by Gasteiger charge is -2.30. The highest BCUT2D eigenvalue weighted by Gasteiger charge is 2.24. The fourth-order valence-electron chi connectivity index (χ4n) is 4.43. The summed E-state index contributed by atoms with van der Waals surface area (Å²) in [7, 11) is 3.17. The predicted octanol–water partition coefficient (Wildman–Crippen LogP) is 3.97. The zero-order valence-corrected chi connectivity index (χ0v) is 19.4. The van der Waals surface area contributed by atoms with Gasteiger partial charge < -0.3 is 30.0 Å². The zero-order chi connectivity index (χ0) is 24.5. The molecular weight excluding hydrogens is 450 g/mol. The molecule has 0 spiro atoms. The van der Waals surface area contributed by atoms with E-state index < -0.39 is 6.09 Å². The Morgan fingerprint density at radius 1 is 1.06 bits per heavy atom. The number of nitrogen functional groups attached to an aromatic ring is 1. The Hall–Kier alpha value is -4.34. The highest BCUT2D eigenvalue weighted by molar-refractivity contribution is 6.10. The Balaban J connectivity index is 1.53. The lowest BCUT2D eigenvalue weighted by molar-refractivity contribution is 0.0790. The third kappa shape index (κ3) is 4.30. The number of ether oxygens (including phenoxy) is 3. The van der Waals surface area contributed by atoms with E-state index in [2.05, 4.69) is 15.0 Å². The molecule has 1 amide bonds. The van der Waals surface area contributed by atoms with Gasteiger partial charge in [0.1, 0.15) is 17.7 Å². The number of nitrogens with zero attached hydrogens (tertiary/aromatic N) is 4. The number of piperidine rings is 1. The number of carboxylic acid groups (broad SMARTS) is 1. The number of methoxy groups -OCH3 is 2.